The summed E-state index contributed by atoms with van der Waals surface area (Å²) in [4.78, 5) is 19.5. The van der Waals surface area contributed by atoms with E-state index in [1.165, 1.54) is 6.07 Å². The number of pyridine rings is 2. The Morgan fingerprint density at radius 2 is 1.80 bits per heavy atom. The molecule has 0 amide bonds. The Morgan fingerprint density at radius 1 is 1.00 bits per heavy atom. The zero-order valence-electron chi connectivity index (χ0n) is 10.4. The van der Waals surface area contributed by atoms with Gasteiger partial charge in [-0.25, -0.2) is 9.78 Å². The molecule has 3 aromatic rings. The van der Waals surface area contributed by atoms with Crippen LogP contribution in [0.5, 0.6) is 0 Å². The standard InChI is InChI=1S/C15H11N3O2/c19-15(20)11-5-3-9-17-14(11)18-13-7-1-6-12-10(13)4-2-8-16-12/h1-9H,(H,17,18)(H,19,20). The molecule has 2 aromatic heterocycles. The molecule has 0 saturated carbocycles. The molecule has 2 heterocycles. The number of aromatic carboxylic acids is 1. The molecule has 0 fully saturated rings. The Kier molecular flexibility index (Phi) is 3.01. The summed E-state index contributed by atoms with van der Waals surface area (Å²) in [7, 11) is 0. The van der Waals surface area contributed by atoms with Gasteiger partial charge in [-0.05, 0) is 36.4 Å². The molecule has 5 nitrogen and oxygen atoms in total. The monoisotopic (exact) mass is 265 g/mol. The van der Waals surface area contributed by atoms with Crippen LogP contribution in [0.1, 0.15) is 10.4 Å². The molecule has 2 N–H and O–H groups in total. The number of rotatable bonds is 3. The molecule has 0 aliphatic carbocycles. The molecule has 98 valence electrons. The largest absolute Gasteiger partial charge is 0.478 e. The SMILES string of the molecule is O=C(O)c1cccnc1Nc1cccc2ncccc12. The molecule has 20 heavy (non-hydrogen) atoms. The van der Waals surface area contributed by atoms with Crippen molar-refractivity contribution >= 4 is 28.4 Å². The third-order valence-corrected chi connectivity index (χ3v) is 2.94. The molecule has 5 heteroatoms. The number of carboxylic acids is 1. The molecule has 1 aromatic carbocycles. The van der Waals surface area contributed by atoms with Crippen LogP contribution < -0.4 is 5.32 Å². The van der Waals surface area contributed by atoms with E-state index in [1.807, 2.05) is 30.3 Å². The lowest BCUT2D eigenvalue weighted by atomic mass is 10.1. The maximum atomic E-state index is 11.2. The van der Waals surface area contributed by atoms with Gasteiger partial charge in [0, 0.05) is 23.5 Å². The van der Waals surface area contributed by atoms with Gasteiger partial charge in [-0.2, -0.15) is 0 Å². The van der Waals surface area contributed by atoms with E-state index in [0.717, 1.165) is 16.6 Å². The first-order chi connectivity index (χ1) is 9.75. The van der Waals surface area contributed by atoms with Crippen LogP contribution in [0.2, 0.25) is 0 Å². The number of benzene rings is 1. The first-order valence-electron chi connectivity index (χ1n) is 6.05. The lowest BCUT2D eigenvalue weighted by Gasteiger charge is -2.10. The molecule has 0 spiro atoms. The van der Waals surface area contributed by atoms with E-state index >= 15 is 0 Å². The van der Waals surface area contributed by atoms with Gasteiger partial charge in [0.05, 0.1) is 5.52 Å². The second-order valence-electron chi connectivity index (χ2n) is 4.21. The third kappa shape index (κ3) is 2.16. The Labute approximate surface area is 114 Å². The van der Waals surface area contributed by atoms with Crippen molar-refractivity contribution in [2.24, 2.45) is 0 Å². The van der Waals surface area contributed by atoms with E-state index < -0.39 is 5.97 Å². The summed E-state index contributed by atoms with van der Waals surface area (Å²) < 4.78 is 0. The number of carboxylic acid groups (broad SMARTS) is 1. The normalized spacial score (nSPS) is 10.4. The molecule has 0 atom stereocenters. The zero-order valence-corrected chi connectivity index (χ0v) is 10.4. The molecule has 0 aliphatic heterocycles. The summed E-state index contributed by atoms with van der Waals surface area (Å²) in [5.74, 6) is -0.699. The van der Waals surface area contributed by atoms with Crippen LogP contribution in [0.4, 0.5) is 11.5 Å². The van der Waals surface area contributed by atoms with Gasteiger partial charge < -0.3 is 10.4 Å². The number of nitrogens with zero attached hydrogens (tertiary/aromatic N) is 2. The molecule has 0 radical (unpaired) electrons. The van der Waals surface area contributed by atoms with Gasteiger partial charge in [0.25, 0.3) is 0 Å². The minimum Gasteiger partial charge on any atom is -0.478 e. The topological polar surface area (TPSA) is 75.1 Å². The maximum Gasteiger partial charge on any atom is 0.339 e. The Balaban J connectivity index is 2.08. The fourth-order valence-corrected chi connectivity index (χ4v) is 2.02. The summed E-state index contributed by atoms with van der Waals surface area (Å²) in [6.07, 6.45) is 3.27. The first kappa shape index (κ1) is 12.1. The van der Waals surface area contributed by atoms with Crippen molar-refractivity contribution in [1.82, 2.24) is 9.97 Å². The van der Waals surface area contributed by atoms with E-state index in [-0.39, 0.29) is 5.56 Å². The van der Waals surface area contributed by atoms with Crippen LogP contribution in [0, 0.1) is 0 Å². The lowest BCUT2D eigenvalue weighted by Crippen LogP contribution is -2.04. The lowest BCUT2D eigenvalue weighted by molar-refractivity contribution is 0.0697. The summed E-state index contributed by atoms with van der Waals surface area (Å²) in [6.45, 7) is 0. The van der Waals surface area contributed by atoms with Crippen molar-refractivity contribution in [3.63, 3.8) is 0 Å². The fraction of sp³-hybridized carbons (Fsp3) is 0. The van der Waals surface area contributed by atoms with Crippen LogP contribution >= 0.6 is 0 Å². The first-order valence-corrected chi connectivity index (χ1v) is 6.05. The van der Waals surface area contributed by atoms with E-state index in [0.29, 0.717) is 5.82 Å². The maximum absolute atomic E-state index is 11.2. The van der Waals surface area contributed by atoms with Crippen molar-refractivity contribution in [1.29, 1.82) is 0 Å². The number of aromatic nitrogens is 2. The Morgan fingerprint density at radius 3 is 2.65 bits per heavy atom. The second-order valence-corrected chi connectivity index (χ2v) is 4.21. The quantitative estimate of drug-likeness (QED) is 0.761. The molecule has 0 saturated heterocycles. The number of anilines is 2. The number of fused-ring (bicyclic) bond motifs is 1. The average molecular weight is 265 g/mol. The van der Waals surface area contributed by atoms with Gasteiger partial charge in [-0.15, -0.1) is 0 Å². The summed E-state index contributed by atoms with van der Waals surface area (Å²) in [5, 5.41) is 13.1. The van der Waals surface area contributed by atoms with Crippen LogP contribution in [-0.4, -0.2) is 21.0 Å². The highest BCUT2D eigenvalue weighted by Crippen LogP contribution is 2.25. The number of carbonyl (C=O) groups is 1. The molecule has 0 unspecified atom stereocenters. The van der Waals surface area contributed by atoms with Crippen molar-refractivity contribution in [3.05, 3.63) is 60.4 Å². The Bertz CT molecular complexity index is 781. The molecule has 3 rings (SSSR count). The number of hydrogen-bond acceptors (Lipinski definition) is 4. The van der Waals surface area contributed by atoms with Crippen LogP contribution in [-0.2, 0) is 0 Å². The molecular weight excluding hydrogens is 254 g/mol. The highest BCUT2D eigenvalue weighted by Gasteiger charge is 2.11. The van der Waals surface area contributed by atoms with Crippen molar-refractivity contribution in [3.8, 4) is 0 Å². The number of nitrogens with one attached hydrogen (secondary N) is 1. The van der Waals surface area contributed by atoms with Crippen LogP contribution in [0.15, 0.2) is 54.9 Å². The van der Waals surface area contributed by atoms with Crippen LogP contribution in [0.25, 0.3) is 10.9 Å². The van der Waals surface area contributed by atoms with E-state index in [9.17, 15) is 4.79 Å². The minimum absolute atomic E-state index is 0.133. The van der Waals surface area contributed by atoms with Crippen molar-refractivity contribution in [2.45, 2.75) is 0 Å². The molecule has 0 aliphatic rings. The predicted octanol–water partition coefficient (Wildman–Crippen LogP) is 3.07. The molecule has 0 bridgehead atoms. The van der Waals surface area contributed by atoms with Gasteiger partial charge in [-0.3, -0.25) is 4.98 Å². The van der Waals surface area contributed by atoms with Gasteiger partial charge >= 0.3 is 5.97 Å². The van der Waals surface area contributed by atoms with E-state index in [2.05, 4.69) is 15.3 Å². The molecular formula is C15H11N3O2. The van der Waals surface area contributed by atoms with Crippen LogP contribution in [0.3, 0.4) is 0 Å². The van der Waals surface area contributed by atoms with Gasteiger partial charge in [0.1, 0.15) is 11.4 Å². The second kappa shape index (κ2) is 4.97. The average Bonchev–Trinajstić information content (AvgIpc) is 2.48. The minimum atomic E-state index is -1.01. The van der Waals surface area contributed by atoms with Crippen molar-refractivity contribution in [2.75, 3.05) is 5.32 Å². The van der Waals surface area contributed by atoms with E-state index in [4.69, 9.17) is 5.11 Å². The zero-order chi connectivity index (χ0) is 13.9. The smallest absolute Gasteiger partial charge is 0.339 e. The van der Waals surface area contributed by atoms with Crippen molar-refractivity contribution < 1.29 is 9.90 Å². The summed E-state index contributed by atoms with van der Waals surface area (Å²) in [5.41, 5.74) is 1.75. The Hall–Kier alpha value is -2.95. The third-order valence-electron chi connectivity index (χ3n) is 2.94. The van der Waals surface area contributed by atoms with Gasteiger partial charge in [-0.1, -0.05) is 6.07 Å². The highest BCUT2D eigenvalue weighted by atomic mass is 16.4. The van der Waals surface area contributed by atoms with Gasteiger partial charge in [0.15, 0.2) is 0 Å². The summed E-state index contributed by atoms with van der Waals surface area (Å²) >= 11 is 0. The summed E-state index contributed by atoms with van der Waals surface area (Å²) in [6, 6.07) is 12.5. The van der Waals surface area contributed by atoms with E-state index in [1.54, 1.807) is 18.5 Å². The number of hydrogen-bond donors (Lipinski definition) is 2. The fourth-order valence-electron chi connectivity index (χ4n) is 2.02. The van der Waals surface area contributed by atoms with Gasteiger partial charge in [0.2, 0.25) is 0 Å². The highest BCUT2D eigenvalue weighted by molar-refractivity contribution is 5.97. The predicted molar refractivity (Wildman–Crippen MR) is 76.2 cm³/mol.